The fourth-order valence-corrected chi connectivity index (χ4v) is 8.82. The van der Waals surface area contributed by atoms with Gasteiger partial charge >= 0.3 is 0 Å². The number of aromatic hydroxyl groups is 1. The van der Waals surface area contributed by atoms with Crippen LogP contribution in [0.15, 0.2) is 85.1 Å². The Hall–Kier alpha value is -6.38. The minimum absolute atomic E-state index is 0.0212. The van der Waals surface area contributed by atoms with Crippen molar-refractivity contribution in [3.05, 3.63) is 102 Å². The Morgan fingerprint density at radius 2 is 1.54 bits per heavy atom. The highest BCUT2D eigenvalue weighted by Gasteiger charge is 2.49. The Bertz CT molecular complexity index is 2440. The van der Waals surface area contributed by atoms with Gasteiger partial charge in [-0.3, -0.25) is 43.3 Å². The molecule has 344 valence electrons. The lowest BCUT2D eigenvalue weighted by Gasteiger charge is -2.39. The first kappa shape index (κ1) is 48.1. The summed E-state index contributed by atoms with van der Waals surface area (Å²) in [5, 5.41) is 20.2. The molecule has 4 aromatic rings. The molecule has 0 radical (unpaired) electrons. The molecule has 0 bridgehead atoms. The molecule has 3 heterocycles. The van der Waals surface area contributed by atoms with E-state index < -0.39 is 106 Å². The Labute approximate surface area is 385 Å². The minimum Gasteiger partial charge on any atom is -0.508 e. The van der Waals surface area contributed by atoms with Gasteiger partial charge in [0.2, 0.25) is 41.4 Å². The van der Waals surface area contributed by atoms with Crippen molar-refractivity contribution in [3.63, 3.8) is 0 Å². The number of nitrogens with zero attached hydrogens (tertiary/aromatic N) is 2. The number of para-hydroxylation sites is 1. The summed E-state index contributed by atoms with van der Waals surface area (Å²) in [6, 6.07) is 12.6. The Morgan fingerprint density at radius 1 is 0.877 bits per heavy atom. The van der Waals surface area contributed by atoms with E-state index >= 15 is 4.79 Å². The number of carbonyl (C=O) groups excluding carboxylic acids is 8. The van der Waals surface area contributed by atoms with Gasteiger partial charge < -0.3 is 47.7 Å². The van der Waals surface area contributed by atoms with Crippen molar-refractivity contribution in [1.29, 1.82) is 0 Å². The molecule has 3 aromatic carbocycles. The number of nitrogens with one attached hydrogen (secondary N) is 5. The molecule has 0 spiro atoms. The molecule has 2 saturated heterocycles. The number of thiol groups is 2. The molecule has 1 aromatic heterocycles. The van der Waals surface area contributed by atoms with Crippen LogP contribution in [0.25, 0.3) is 10.9 Å². The first-order valence-corrected chi connectivity index (χ1v) is 21.9. The highest BCUT2D eigenvalue weighted by Crippen LogP contribution is 2.29. The van der Waals surface area contributed by atoms with Crippen LogP contribution in [0.2, 0.25) is 0 Å². The van der Waals surface area contributed by atoms with E-state index in [1.807, 2.05) is 24.3 Å². The third-order valence-corrected chi connectivity index (χ3v) is 12.2. The minimum atomic E-state index is -1.94. The van der Waals surface area contributed by atoms with Gasteiger partial charge in [-0.25, -0.2) is 0 Å². The summed E-state index contributed by atoms with van der Waals surface area (Å²) < 4.78 is -1.58. The second kappa shape index (κ2) is 20.6. The maximum absolute atomic E-state index is 15.2. The number of nitrogens with two attached hydrogens (primary N) is 2. The van der Waals surface area contributed by atoms with Gasteiger partial charge in [-0.05, 0) is 61.6 Å². The number of hydrogen-bond acceptors (Lipinski definition) is 12. The van der Waals surface area contributed by atoms with Crippen LogP contribution >= 0.6 is 25.3 Å². The molecule has 8 amide bonds. The molecule has 20 heteroatoms. The highest BCUT2D eigenvalue weighted by atomic mass is 32.1. The van der Waals surface area contributed by atoms with E-state index in [0.717, 1.165) is 10.9 Å². The average molecular weight is 928 g/mol. The molecule has 0 aliphatic carbocycles. The average Bonchev–Trinajstić information content (AvgIpc) is 3.86. The van der Waals surface area contributed by atoms with Gasteiger partial charge in [0.15, 0.2) is 0 Å². The van der Waals surface area contributed by atoms with E-state index in [1.165, 1.54) is 43.0 Å². The molecule has 0 unspecified atom stereocenters. The number of primary amides is 1. The summed E-state index contributed by atoms with van der Waals surface area (Å²) in [5.74, 6) is -7.68. The maximum Gasteiger partial charge on any atom is 0.253 e. The normalized spacial score (nSPS) is 22.2. The van der Waals surface area contributed by atoms with Crippen LogP contribution in [0.4, 0.5) is 0 Å². The van der Waals surface area contributed by atoms with Crippen molar-refractivity contribution < 1.29 is 43.5 Å². The van der Waals surface area contributed by atoms with Crippen LogP contribution < -0.4 is 32.7 Å². The lowest BCUT2D eigenvalue weighted by molar-refractivity contribution is -0.156. The number of imide groups is 1. The molecule has 18 nitrogen and oxygen atoms in total. The van der Waals surface area contributed by atoms with Gasteiger partial charge in [-0.2, -0.15) is 25.3 Å². The third-order valence-electron chi connectivity index (χ3n) is 11.4. The first-order valence-electron chi connectivity index (χ1n) is 21.0. The number of H-pyrrole nitrogens is 1. The van der Waals surface area contributed by atoms with E-state index in [0.29, 0.717) is 21.6 Å². The number of aromatic nitrogens is 1. The van der Waals surface area contributed by atoms with E-state index in [1.54, 1.807) is 36.5 Å². The summed E-state index contributed by atoms with van der Waals surface area (Å²) >= 11 is 9.30. The lowest BCUT2D eigenvalue weighted by atomic mass is 9.96. The zero-order valence-corrected chi connectivity index (χ0v) is 37.5. The van der Waals surface area contributed by atoms with Crippen molar-refractivity contribution >= 4 is 83.4 Å². The number of phenols is 1. The van der Waals surface area contributed by atoms with E-state index in [9.17, 15) is 38.7 Å². The molecule has 10 N–H and O–H groups in total. The molecule has 65 heavy (non-hydrogen) atoms. The zero-order chi connectivity index (χ0) is 47.2. The summed E-state index contributed by atoms with van der Waals surface area (Å²) in [6.07, 6.45) is 0.807. The standard InChI is InChI=1S/C45H53N9O9S2/c1-45(2,65)38-41(60)49-23-36(57)51-32(20-26-22-48-30-11-7-6-10-28(26)30)43(62)53-17-16-34(64)37(53)40(59)52-33(21-35(56)50-31(39(47)58)19-24-8-4-3-5-9-24)44(63)54(38)42(61)29(46)18-25-12-14-27(55)15-13-25/h3-15,22,29,31-34,37-38,48,55,64-65H,16-21,23,46H2,1-2H3,(H2,47,58)(H,49,60)(H,50,56)(H,51,57)(H,52,59)/t29-,31-,32-,33-,34-,37-,38-/m0/s1. The second-order valence-electron chi connectivity index (χ2n) is 16.8. The fraction of sp³-hybridized carbons (Fsp3) is 0.378. The molecule has 2 aliphatic rings. The van der Waals surface area contributed by atoms with Crippen LogP contribution in [0, 0.1) is 0 Å². The topological polar surface area (TPSA) is 279 Å². The number of amides is 8. The Kier molecular flexibility index (Phi) is 15.3. The quantitative estimate of drug-likeness (QED) is 0.0851. The summed E-state index contributed by atoms with van der Waals surface area (Å²) in [7, 11) is 0. The molecular formula is C45H53N9O9S2. The van der Waals surface area contributed by atoms with Gasteiger partial charge in [0.1, 0.15) is 36.0 Å². The molecule has 2 aliphatic heterocycles. The molecule has 2 fully saturated rings. The van der Waals surface area contributed by atoms with Crippen molar-refractivity contribution in [1.82, 2.24) is 36.1 Å². The number of benzene rings is 3. The molecular weight excluding hydrogens is 875 g/mol. The number of aromatic amines is 1. The van der Waals surface area contributed by atoms with Crippen molar-refractivity contribution in [3.8, 4) is 5.75 Å². The number of phenolic OH excluding ortho intramolecular Hbond substituents is 1. The van der Waals surface area contributed by atoms with Crippen LogP contribution in [0.3, 0.4) is 0 Å². The molecule has 7 atom stereocenters. The van der Waals surface area contributed by atoms with Gasteiger partial charge in [0, 0.05) is 46.5 Å². The van der Waals surface area contributed by atoms with E-state index in [2.05, 4.69) is 51.5 Å². The monoisotopic (exact) mass is 927 g/mol. The van der Waals surface area contributed by atoms with Gasteiger partial charge in [-0.15, -0.1) is 0 Å². The zero-order valence-electron chi connectivity index (χ0n) is 35.7. The summed E-state index contributed by atoms with van der Waals surface area (Å²) in [4.78, 5) is 119. The maximum atomic E-state index is 15.2. The molecule has 6 rings (SSSR count). The van der Waals surface area contributed by atoms with Crippen molar-refractivity contribution in [2.75, 3.05) is 13.1 Å². The second-order valence-corrected chi connectivity index (χ2v) is 18.6. The smallest absolute Gasteiger partial charge is 0.253 e. The Morgan fingerprint density at radius 3 is 2.22 bits per heavy atom. The lowest BCUT2D eigenvalue weighted by Crippen LogP contribution is -2.66. The number of fused-ring (bicyclic) bond motifs is 2. The number of rotatable bonds is 12. The predicted molar refractivity (Wildman–Crippen MR) is 246 cm³/mol. The molecule has 0 saturated carbocycles. The number of carbonyl (C=O) groups is 8. The SMILES string of the molecule is CC(C)(S)[C@@H]1C(=O)NCC(=O)N[C@@H](Cc2c[nH]c3ccccc23)C(=O)N2CC[C@H](S)[C@H]2C(=O)N[C@@H](CC(=O)N[C@@H](Cc2ccccc2)C(N)=O)C(=O)N1C(=O)[C@@H](N)Cc1ccc(O)cc1. The van der Waals surface area contributed by atoms with Crippen LogP contribution in [0.5, 0.6) is 5.75 Å². The van der Waals surface area contributed by atoms with Gasteiger partial charge in [0.05, 0.1) is 19.0 Å². The van der Waals surface area contributed by atoms with Crippen molar-refractivity contribution in [2.45, 2.75) is 92.2 Å². The van der Waals surface area contributed by atoms with Gasteiger partial charge in [0.25, 0.3) is 5.91 Å². The van der Waals surface area contributed by atoms with Crippen LogP contribution in [-0.2, 0) is 57.6 Å². The highest BCUT2D eigenvalue weighted by molar-refractivity contribution is 7.81. The van der Waals surface area contributed by atoms with E-state index in [4.69, 9.17) is 11.5 Å². The van der Waals surface area contributed by atoms with E-state index in [-0.39, 0.29) is 38.0 Å². The third kappa shape index (κ3) is 11.7. The predicted octanol–water partition coefficient (Wildman–Crippen LogP) is 0.0198. The number of hydrogen-bond donors (Lipinski definition) is 10. The van der Waals surface area contributed by atoms with Crippen molar-refractivity contribution in [2.24, 2.45) is 11.5 Å². The summed E-state index contributed by atoms with van der Waals surface area (Å²) in [6.45, 7) is 2.18. The largest absolute Gasteiger partial charge is 0.508 e. The van der Waals surface area contributed by atoms with Crippen LogP contribution in [-0.4, -0.2) is 126 Å². The first-order chi connectivity index (χ1) is 30.8. The van der Waals surface area contributed by atoms with Gasteiger partial charge in [-0.1, -0.05) is 60.7 Å². The summed E-state index contributed by atoms with van der Waals surface area (Å²) in [5.41, 5.74) is 14.8. The Balaban J connectivity index is 1.42. The van der Waals surface area contributed by atoms with Crippen LogP contribution in [0.1, 0.15) is 43.4 Å². The fourth-order valence-electron chi connectivity index (χ4n) is 8.17.